The Morgan fingerprint density at radius 3 is 2.54 bits per heavy atom. The van der Waals surface area contributed by atoms with Gasteiger partial charge in [-0.3, -0.25) is 14.6 Å². The summed E-state index contributed by atoms with van der Waals surface area (Å²) < 4.78 is 11.0. The fourth-order valence-electron chi connectivity index (χ4n) is 6.18. The molecular formula is C29H45Cl3N4O3. The number of furan rings is 1. The fourth-order valence-corrected chi connectivity index (χ4v) is 6.18. The number of benzene rings is 1. The molecule has 2 bridgehead atoms. The van der Waals surface area contributed by atoms with Crippen LogP contribution in [0.3, 0.4) is 0 Å². The van der Waals surface area contributed by atoms with Gasteiger partial charge in [0.05, 0.1) is 26.0 Å². The Morgan fingerprint density at radius 2 is 1.79 bits per heavy atom. The predicted molar refractivity (Wildman–Crippen MR) is 162 cm³/mol. The van der Waals surface area contributed by atoms with Gasteiger partial charge in [-0.1, -0.05) is 30.3 Å². The highest BCUT2D eigenvalue weighted by molar-refractivity contribution is 5.86. The van der Waals surface area contributed by atoms with Gasteiger partial charge in [0.15, 0.2) is 0 Å². The number of likely N-dealkylation sites (tertiary alicyclic amines) is 1. The summed E-state index contributed by atoms with van der Waals surface area (Å²) in [4.78, 5) is 20.3. The monoisotopic (exact) mass is 602 g/mol. The molecule has 3 atom stereocenters. The Balaban J connectivity index is 0.00000178. The molecule has 0 spiro atoms. The third kappa shape index (κ3) is 10.2. The minimum absolute atomic E-state index is 0. The molecule has 3 saturated heterocycles. The zero-order valence-electron chi connectivity index (χ0n) is 22.7. The van der Waals surface area contributed by atoms with Crippen molar-refractivity contribution in [1.82, 2.24) is 20.0 Å². The standard InChI is InChI=1S/C29H42N4O3.3ClH/c34-29(33(23-27-8-5-15-36-27)12-11-31-13-16-35-17-14-31)10-4-9-28-26-18-25(19-30-28)21-32(22-26)20-24-6-2-1-3-7-24;;;/h1-3,5-8,15,25-26,28,30H,4,9-14,16-23H2;3*1H/t25-,26+,28+;;;/m0.../s1. The van der Waals surface area contributed by atoms with E-state index >= 15 is 0 Å². The maximum absolute atomic E-state index is 13.3. The first-order valence-corrected chi connectivity index (χ1v) is 13.8. The largest absolute Gasteiger partial charge is 0.467 e. The number of ether oxygens (including phenoxy) is 1. The zero-order chi connectivity index (χ0) is 24.6. The molecule has 1 amide bonds. The Morgan fingerprint density at radius 1 is 1.00 bits per heavy atom. The van der Waals surface area contributed by atoms with E-state index in [0.29, 0.717) is 24.9 Å². The van der Waals surface area contributed by atoms with Crippen LogP contribution in [-0.4, -0.2) is 85.7 Å². The van der Waals surface area contributed by atoms with Gasteiger partial charge in [0.1, 0.15) is 5.76 Å². The van der Waals surface area contributed by atoms with E-state index < -0.39 is 0 Å². The molecule has 2 aromatic rings. The molecule has 0 aliphatic carbocycles. The average Bonchev–Trinajstić information content (AvgIpc) is 3.42. The third-order valence-corrected chi connectivity index (χ3v) is 8.11. The first kappa shape index (κ1) is 33.9. The minimum Gasteiger partial charge on any atom is -0.467 e. The second kappa shape index (κ2) is 17.5. The van der Waals surface area contributed by atoms with Crippen LogP contribution in [0, 0.1) is 11.8 Å². The van der Waals surface area contributed by atoms with Crippen LogP contribution < -0.4 is 5.32 Å². The molecule has 0 saturated carbocycles. The Hall–Kier alpha value is -1.32. The lowest BCUT2D eigenvalue weighted by Gasteiger charge is -2.46. The first-order valence-electron chi connectivity index (χ1n) is 13.8. The molecule has 220 valence electrons. The van der Waals surface area contributed by atoms with Gasteiger partial charge in [0.2, 0.25) is 5.91 Å². The molecule has 3 aliphatic rings. The van der Waals surface area contributed by atoms with Gasteiger partial charge in [-0.2, -0.15) is 0 Å². The molecule has 1 aromatic heterocycles. The second-order valence-corrected chi connectivity index (χ2v) is 10.8. The van der Waals surface area contributed by atoms with E-state index in [0.717, 1.165) is 83.5 Å². The number of rotatable bonds is 11. The Bertz CT molecular complexity index is 931. The van der Waals surface area contributed by atoms with Gasteiger partial charge < -0.3 is 19.4 Å². The fraction of sp³-hybridized carbons (Fsp3) is 0.621. The van der Waals surface area contributed by atoms with E-state index in [4.69, 9.17) is 9.15 Å². The van der Waals surface area contributed by atoms with E-state index in [2.05, 4.69) is 45.4 Å². The van der Waals surface area contributed by atoms with E-state index in [1.165, 1.54) is 18.5 Å². The number of carbonyl (C=O) groups excluding carboxylic acids is 1. The summed E-state index contributed by atoms with van der Waals surface area (Å²) in [5.41, 5.74) is 1.40. The molecule has 7 nitrogen and oxygen atoms in total. The predicted octanol–water partition coefficient (Wildman–Crippen LogP) is 4.49. The van der Waals surface area contributed by atoms with Gasteiger partial charge in [-0.15, -0.1) is 37.2 Å². The maximum atomic E-state index is 13.3. The molecule has 1 N–H and O–H groups in total. The van der Waals surface area contributed by atoms with Crippen LogP contribution in [0.25, 0.3) is 0 Å². The van der Waals surface area contributed by atoms with Crippen LogP contribution in [0.5, 0.6) is 0 Å². The molecule has 0 radical (unpaired) electrons. The first-order chi connectivity index (χ1) is 17.7. The summed E-state index contributed by atoms with van der Waals surface area (Å²) in [6.07, 6.45) is 5.61. The lowest BCUT2D eigenvalue weighted by atomic mass is 9.79. The number of hydrogen-bond donors (Lipinski definition) is 1. The van der Waals surface area contributed by atoms with Crippen LogP contribution in [0.1, 0.15) is 37.0 Å². The van der Waals surface area contributed by atoms with E-state index in [1.807, 2.05) is 17.0 Å². The molecular weight excluding hydrogens is 559 g/mol. The van der Waals surface area contributed by atoms with Crippen LogP contribution >= 0.6 is 37.2 Å². The van der Waals surface area contributed by atoms with E-state index in [-0.39, 0.29) is 43.1 Å². The van der Waals surface area contributed by atoms with Crippen molar-refractivity contribution in [2.75, 3.05) is 59.0 Å². The molecule has 0 unspecified atom stereocenters. The van der Waals surface area contributed by atoms with Crippen LogP contribution in [0.15, 0.2) is 53.1 Å². The summed E-state index contributed by atoms with van der Waals surface area (Å²) in [5, 5.41) is 3.83. The van der Waals surface area contributed by atoms with Crippen molar-refractivity contribution in [2.45, 2.75) is 44.8 Å². The number of hydrogen-bond acceptors (Lipinski definition) is 6. The van der Waals surface area contributed by atoms with Crippen molar-refractivity contribution >= 4 is 43.1 Å². The van der Waals surface area contributed by atoms with Gasteiger partial charge >= 0.3 is 0 Å². The van der Waals surface area contributed by atoms with Gasteiger partial charge in [-0.05, 0) is 55.3 Å². The number of nitrogens with zero attached hydrogens (tertiary/aromatic N) is 3. The third-order valence-electron chi connectivity index (χ3n) is 8.11. The number of amides is 1. The highest BCUT2D eigenvalue weighted by Gasteiger charge is 2.36. The summed E-state index contributed by atoms with van der Waals surface area (Å²) in [7, 11) is 0. The van der Waals surface area contributed by atoms with Gasteiger partial charge in [-0.25, -0.2) is 0 Å². The molecule has 3 fully saturated rings. The highest BCUT2D eigenvalue weighted by atomic mass is 35.5. The molecule has 5 rings (SSSR count). The average molecular weight is 604 g/mol. The van der Waals surface area contributed by atoms with E-state index in [1.54, 1.807) is 6.26 Å². The lowest BCUT2D eigenvalue weighted by molar-refractivity contribution is -0.132. The highest BCUT2D eigenvalue weighted by Crippen LogP contribution is 2.31. The van der Waals surface area contributed by atoms with Gasteiger partial charge in [0.25, 0.3) is 0 Å². The number of morpholine rings is 1. The zero-order valence-corrected chi connectivity index (χ0v) is 25.2. The van der Waals surface area contributed by atoms with Crippen LogP contribution in [0.4, 0.5) is 0 Å². The molecule has 4 heterocycles. The van der Waals surface area contributed by atoms with Crippen LogP contribution in [0.2, 0.25) is 0 Å². The lowest BCUT2D eigenvalue weighted by Crippen LogP contribution is -2.55. The number of fused-ring (bicyclic) bond motifs is 2. The Labute approximate surface area is 252 Å². The van der Waals surface area contributed by atoms with E-state index in [9.17, 15) is 4.79 Å². The number of halogens is 3. The maximum Gasteiger partial charge on any atom is 0.223 e. The summed E-state index contributed by atoms with van der Waals surface area (Å²) in [5.74, 6) is 2.51. The van der Waals surface area contributed by atoms with Gasteiger partial charge in [0, 0.05) is 58.3 Å². The Kier molecular flexibility index (Phi) is 15.2. The summed E-state index contributed by atoms with van der Waals surface area (Å²) in [6, 6.07) is 15.2. The SMILES string of the molecule is Cl.Cl.Cl.O=C(CCC[C@H]1NC[C@@H]2C[C@@H]1CN(Cc1ccccc1)C2)N(CCN1CCOCC1)Cc1ccco1. The van der Waals surface area contributed by atoms with Crippen LogP contribution in [-0.2, 0) is 22.6 Å². The van der Waals surface area contributed by atoms with Crippen molar-refractivity contribution in [1.29, 1.82) is 0 Å². The minimum atomic E-state index is 0. The van der Waals surface area contributed by atoms with Crippen molar-refractivity contribution in [3.63, 3.8) is 0 Å². The van der Waals surface area contributed by atoms with Crippen molar-refractivity contribution in [2.24, 2.45) is 11.8 Å². The van der Waals surface area contributed by atoms with Crippen molar-refractivity contribution < 1.29 is 13.9 Å². The molecule has 10 heteroatoms. The smallest absolute Gasteiger partial charge is 0.223 e. The molecule has 3 aliphatic heterocycles. The van der Waals surface area contributed by atoms with Crippen molar-refractivity contribution in [3.8, 4) is 0 Å². The second-order valence-electron chi connectivity index (χ2n) is 10.8. The number of carbonyl (C=O) groups is 1. The quantitative estimate of drug-likeness (QED) is 0.409. The normalized spacial score (nSPS) is 23.1. The molecule has 39 heavy (non-hydrogen) atoms. The number of piperidine rings is 2. The summed E-state index contributed by atoms with van der Waals surface area (Å²) >= 11 is 0. The topological polar surface area (TPSA) is 61.2 Å². The molecule has 1 aromatic carbocycles. The van der Waals surface area contributed by atoms with Crippen molar-refractivity contribution in [3.05, 3.63) is 60.1 Å². The number of nitrogens with one attached hydrogen (secondary N) is 1. The summed E-state index contributed by atoms with van der Waals surface area (Å²) in [6.45, 7) is 10.1.